The van der Waals surface area contributed by atoms with Crippen molar-refractivity contribution < 1.29 is 4.42 Å². The summed E-state index contributed by atoms with van der Waals surface area (Å²) in [6.45, 7) is 4.55. The van der Waals surface area contributed by atoms with Crippen molar-refractivity contribution in [1.82, 2.24) is 24.5 Å². The molecule has 0 saturated carbocycles. The van der Waals surface area contributed by atoms with Crippen LogP contribution in [0.2, 0.25) is 5.02 Å². The molecular formula is C18H16ClN5O2S. The predicted molar refractivity (Wildman–Crippen MR) is 105 cm³/mol. The van der Waals surface area contributed by atoms with Crippen LogP contribution in [0.25, 0.3) is 22.6 Å². The first kappa shape index (κ1) is 17.8. The van der Waals surface area contributed by atoms with E-state index in [1.807, 2.05) is 30.5 Å². The Hall–Kier alpha value is -2.58. The van der Waals surface area contributed by atoms with Gasteiger partial charge in [0, 0.05) is 22.9 Å². The number of hydrogen-bond acceptors (Lipinski definition) is 6. The maximum Gasteiger partial charge on any atom is 0.278 e. The molecule has 138 valence electrons. The lowest BCUT2D eigenvalue weighted by atomic mass is 10.2. The smallest absolute Gasteiger partial charge is 0.278 e. The molecule has 0 amide bonds. The summed E-state index contributed by atoms with van der Waals surface area (Å²) in [6, 6.07) is 7.36. The lowest BCUT2D eigenvalue weighted by molar-refractivity contribution is 0.540. The van der Waals surface area contributed by atoms with E-state index in [0.717, 1.165) is 22.2 Å². The number of benzene rings is 1. The molecule has 1 N–H and O–H groups in total. The number of thioether (sulfide) groups is 1. The summed E-state index contributed by atoms with van der Waals surface area (Å²) in [5, 5.41) is 1.40. The van der Waals surface area contributed by atoms with Gasteiger partial charge < -0.3 is 14.0 Å². The van der Waals surface area contributed by atoms with Crippen LogP contribution in [0.4, 0.5) is 0 Å². The highest BCUT2D eigenvalue weighted by Crippen LogP contribution is 2.29. The minimum absolute atomic E-state index is 0.239. The Morgan fingerprint density at radius 3 is 2.78 bits per heavy atom. The third-order valence-electron chi connectivity index (χ3n) is 4.14. The monoisotopic (exact) mass is 401 g/mol. The summed E-state index contributed by atoms with van der Waals surface area (Å²) in [4.78, 5) is 27.8. The van der Waals surface area contributed by atoms with Crippen molar-refractivity contribution >= 4 is 34.5 Å². The first-order chi connectivity index (χ1) is 13.1. The summed E-state index contributed by atoms with van der Waals surface area (Å²) < 4.78 is 7.72. The van der Waals surface area contributed by atoms with Gasteiger partial charge in [-0.2, -0.15) is 0 Å². The predicted octanol–water partition coefficient (Wildman–Crippen LogP) is 4.05. The molecule has 0 fully saturated rings. The molecule has 0 unspecified atom stereocenters. The van der Waals surface area contributed by atoms with E-state index in [0.29, 0.717) is 34.4 Å². The van der Waals surface area contributed by atoms with E-state index in [2.05, 4.69) is 19.9 Å². The maximum absolute atomic E-state index is 12.0. The van der Waals surface area contributed by atoms with E-state index in [1.54, 1.807) is 12.1 Å². The molecule has 7 nitrogen and oxygen atoms in total. The summed E-state index contributed by atoms with van der Waals surface area (Å²) in [6.07, 6.45) is 1.40. The van der Waals surface area contributed by atoms with Gasteiger partial charge in [-0.1, -0.05) is 23.4 Å². The van der Waals surface area contributed by atoms with Gasteiger partial charge >= 0.3 is 0 Å². The topological polar surface area (TPSA) is 89.6 Å². The second kappa shape index (κ2) is 7.21. The number of imidazole rings is 1. The first-order valence-corrected chi connectivity index (χ1v) is 9.72. The lowest BCUT2D eigenvalue weighted by Gasteiger charge is -2.03. The summed E-state index contributed by atoms with van der Waals surface area (Å²) >= 11 is 7.43. The zero-order valence-corrected chi connectivity index (χ0v) is 16.3. The van der Waals surface area contributed by atoms with E-state index in [-0.39, 0.29) is 5.56 Å². The number of aromatic amines is 1. The van der Waals surface area contributed by atoms with Crippen molar-refractivity contribution in [3.8, 4) is 11.5 Å². The summed E-state index contributed by atoms with van der Waals surface area (Å²) in [7, 11) is 0. The Bertz CT molecular complexity index is 1160. The molecule has 0 aliphatic heterocycles. The van der Waals surface area contributed by atoms with Crippen LogP contribution >= 0.6 is 23.4 Å². The molecule has 0 saturated heterocycles. The van der Waals surface area contributed by atoms with Crippen LogP contribution in [-0.2, 0) is 12.3 Å². The van der Waals surface area contributed by atoms with Gasteiger partial charge in [-0.15, -0.1) is 0 Å². The fraction of sp³-hybridized carbons (Fsp3) is 0.222. The van der Waals surface area contributed by atoms with E-state index < -0.39 is 0 Å². The largest absolute Gasteiger partial charge is 0.441 e. The van der Waals surface area contributed by atoms with Crippen molar-refractivity contribution in [2.24, 2.45) is 0 Å². The van der Waals surface area contributed by atoms with Crippen LogP contribution in [0.1, 0.15) is 18.4 Å². The van der Waals surface area contributed by atoms with Crippen molar-refractivity contribution in [3.63, 3.8) is 0 Å². The zero-order valence-electron chi connectivity index (χ0n) is 14.7. The van der Waals surface area contributed by atoms with Gasteiger partial charge in [0.15, 0.2) is 16.3 Å². The van der Waals surface area contributed by atoms with Crippen molar-refractivity contribution in [3.05, 3.63) is 57.4 Å². The van der Waals surface area contributed by atoms with Gasteiger partial charge in [-0.25, -0.2) is 15.0 Å². The van der Waals surface area contributed by atoms with Gasteiger partial charge in [0.05, 0.1) is 12.0 Å². The van der Waals surface area contributed by atoms with Gasteiger partial charge in [0.25, 0.3) is 5.56 Å². The number of aryl methyl sites for hydroxylation is 2. The normalized spacial score (nSPS) is 11.4. The number of oxazole rings is 1. The van der Waals surface area contributed by atoms with Gasteiger partial charge in [0.2, 0.25) is 5.89 Å². The Balaban J connectivity index is 1.61. The van der Waals surface area contributed by atoms with Gasteiger partial charge in [-0.05, 0) is 38.1 Å². The Kier molecular flexibility index (Phi) is 4.75. The SMILES string of the molecule is CCn1c(SCc2nc(-c3ccc(Cl)cc3)oc2C)nc2c(=O)[nH]cnc21. The van der Waals surface area contributed by atoms with E-state index >= 15 is 0 Å². The van der Waals surface area contributed by atoms with E-state index in [4.69, 9.17) is 16.0 Å². The van der Waals surface area contributed by atoms with Crippen molar-refractivity contribution in [2.75, 3.05) is 0 Å². The maximum atomic E-state index is 12.0. The van der Waals surface area contributed by atoms with Crippen LogP contribution in [-0.4, -0.2) is 24.5 Å². The standard InChI is InChI=1S/C18H16ClN5O2S/c1-3-24-15-14(16(25)21-9-20-15)23-18(24)27-8-13-10(2)26-17(22-13)11-4-6-12(19)7-5-11/h4-7,9H,3,8H2,1-2H3,(H,20,21,25). The minimum Gasteiger partial charge on any atom is -0.441 e. The number of rotatable bonds is 5. The van der Waals surface area contributed by atoms with E-state index in [1.165, 1.54) is 18.1 Å². The molecule has 0 spiro atoms. The van der Waals surface area contributed by atoms with Crippen LogP contribution in [0.5, 0.6) is 0 Å². The summed E-state index contributed by atoms with van der Waals surface area (Å²) in [5.74, 6) is 1.88. The molecule has 0 atom stereocenters. The molecule has 1 aromatic carbocycles. The van der Waals surface area contributed by atoms with Crippen molar-refractivity contribution in [2.45, 2.75) is 31.3 Å². The molecule has 27 heavy (non-hydrogen) atoms. The molecule has 0 aliphatic carbocycles. The number of H-pyrrole nitrogens is 1. The quantitative estimate of drug-likeness (QED) is 0.507. The van der Waals surface area contributed by atoms with Crippen LogP contribution < -0.4 is 5.56 Å². The fourth-order valence-corrected chi connectivity index (χ4v) is 3.92. The third-order valence-corrected chi connectivity index (χ3v) is 5.38. The summed E-state index contributed by atoms with van der Waals surface area (Å²) in [5.41, 5.74) is 2.40. The molecule has 4 rings (SSSR count). The van der Waals surface area contributed by atoms with Gasteiger partial charge in [0.1, 0.15) is 5.76 Å². The number of halogens is 1. The molecule has 0 aliphatic rings. The molecule has 0 radical (unpaired) electrons. The molecule has 3 heterocycles. The van der Waals surface area contributed by atoms with Crippen molar-refractivity contribution in [1.29, 1.82) is 0 Å². The van der Waals surface area contributed by atoms with Crippen LogP contribution in [0.3, 0.4) is 0 Å². The number of nitrogens with one attached hydrogen (secondary N) is 1. The molecule has 0 bridgehead atoms. The number of fused-ring (bicyclic) bond motifs is 1. The third kappa shape index (κ3) is 3.38. The fourth-order valence-electron chi connectivity index (χ4n) is 2.73. The highest BCUT2D eigenvalue weighted by molar-refractivity contribution is 7.98. The second-order valence-corrected chi connectivity index (χ2v) is 7.24. The van der Waals surface area contributed by atoms with Crippen LogP contribution in [0, 0.1) is 6.92 Å². The zero-order chi connectivity index (χ0) is 19.0. The minimum atomic E-state index is -0.239. The Labute approximate surface area is 163 Å². The number of nitrogens with zero attached hydrogens (tertiary/aromatic N) is 4. The second-order valence-electron chi connectivity index (χ2n) is 5.86. The first-order valence-electron chi connectivity index (χ1n) is 8.35. The molecule has 9 heteroatoms. The Morgan fingerprint density at radius 1 is 1.26 bits per heavy atom. The van der Waals surface area contributed by atoms with Crippen LogP contribution in [0.15, 0.2) is 45.0 Å². The molecule has 3 aromatic heterocycles. The van der Waals surface area contributed by atoms with E-state index in [9.17, 15) is 4.79 Å². The van der Waals surface area contributed by atoms with Gasteiger partial charge in [-0.3, -0.25) is 4.79 Å². The molecular weight excluding hydrogens is 386 g/mol. The molecule has 4 aromatic rings. The highest BCUT2D eigenvalue weighted by Gasteiger charge is 2.16. The Morgan fingerprint density at radius 2 is 2.04 bits per heavy atom. The average Bonchev–Trinajstić information content (AvgIpc) is 3.21. The number of aromatic nitrogens is 5. The average molecular weight is 402 g/mol. The lowest BCUT2D eigenvalue weighted by Crippen LogP contribution is -2.07. The highest BCUT2D eigenvalue weighted by atomic mass is 35.5. The number of hydrogen-bond donors (Lipinski definition) is 1.